The number of carbonyl (C=O) groups is 3. The molecule has 0 radical (unpaired) electrons. The fraction of sp³-hybridized carbons (Fsp3) is 0.383. The summed E-state index contributed by atoms with van der Waals surface area (Å²) in [5.41, 5.74) is 1.43. The second-order valence-corrected chi connectivity index (χ2v) is 18.7. The lowest BCUT2D eigenvalue weighted by atomic mass is 9.85. The number of anilines is 2. The van der Waals surface area contributed by atoms with Crippen LogP contribution in [-0.2, 0) is 20.9 Å². The van der Waals surface area contributed by atoms with Gasteiger partial charge >= 0.3 is 5.57 Å². The Labute approximate surface area is 385 Å². The Morgan fingerprint density at radius 3 is 2.49 bits per heavy atom. The van der Waals surface area contributed by atoms with Crippen LogP contribution in [0, 0.1) is 12.3 Å². The number of ether oxygens (including phenoxy) is 2. The Kier molecular flexibility index (Phi) is 14.6. The van der Waals surface area contributed by atoms with Crippen molar-refractivity contribution in [3.05, 3.63) is 113 Å². The van der Waals surface area contributed by atoms with Crippen LogP contribution in [0.2, 0.25) is 0 Å². The van der Waals surface area contributed by atoms with Crippen molar-refractivity contribution in [3.8, 4) is 27.4 Å². The molecule has 0 aliphatic carbocycles. The third kappa shape index (κ3) is 12.1. The number of nitrogens with zero attached hydrogens (tertiary/aromatic N) is 4. The zero-order chi connectivity index (χ0) is 46.5. The summed E-state index contributed by atoms with van der Waals surface area (Å²) < 4.78 is 36.5. The highest BCUT2D eigenvalue weighted by atomic mass is 35.5. The molecular weight excluding hydrogens is 878 g/mol. The van der Waals surface area contributed by atoms with E-state index in [1.165, 1.54) is 40.9 Å². The molecule has 2 fully saturated rings. The van der Waals surface area contributed by atoms with E-state index in [-0.39, 0.29) is 48.8 Å². The first kappa shape index (κ1) is 47.1. The number of pyridine rings is 1. The van der Waals surface area contributed by atoms with Crippen LogP contribution in [0.25, 0.3) is 21.7 Å². The molecule has 18 heteroatoms. The van der Waals surface area contributed by atoms with Gasteiger partial charge in [0, 0.05) is 84.8 Å². The summed E-state index contributed by atoms with van der Waals surface area (Å²) in [5.74, 6) is -0.664. The zero-order valence-electron chi connectivity index (χ0n) is 36.6. The average Bonchev–Trinajstić information content (AvgIpc) is 4.10. The number of aryl methyl sites for hydroxylation is 1. The molecule has 5 heterocycles. The number of H-pyrrole nitrogens is 1. The summed E-state index contributed by atoms with van der Waals surface area (Å²) in [5, 5.41) is 28.9. The maximum Gasteiger partial charge on any atom is 0.487 e. The van der Waals surface area contributed by atoms with Crippen molar-refractivity contribution in [1.29, 1.82) is 0 Å². The fourth-order valence-corrected chi connectivity index (χ4v) is 8.99. The van der Waals surface area contributed by atoms with E-state index < -0.39 is 35.1 Å². The third-order valence-corrected chi connectivity index (χ3v) is 12.5. The SMILES string of the molecule is C=C(NCc1ccc(-c2sccc2C)cc1)[C@@H]1C[C@@H](O)CN1C(=O)[C@@H](NC(=O)CCO[C@H]1CCN(c2ncc(C(=O)Nc3ccc(OC(F)(F)Cl)cc3)cc2-c2ccn[nH]2)C1)C(C)(C)C. The molecule has 5 N–H and O–H groups in total. The third-order valence-electron chi connectivity index (χ3n) is 11.4. The van der Waals surface area contributed by atoms with Crippen molar-refractivity contribution in [1.82, 2.24) is 30.7 Å². The molecule has 4 atom stereocenters. The van der Waals surface area contributed by atoms with Crippen molar-refractivity contribution in [2.24, 2.45) is 5.41 Å². The van der Waals surface area contributed by atoms with Gasteiger partial charge in [0.05, 0.1) is 36.1 Å². The normalized spacial score (nSPS) is 18.1. The van der Waals surface area contributed by atoms with Gasteiger partial charge in [0.25, 0.3) is 5.91 Å². The molecule has 2 aromatic carbocycles. The van der Waals surface area contributed by atoms with E-state index in [4.69, 9.17) is 16.3 Å². The van der Waals surface area contributed by atoms with Crippen LogP contribution in [0.5, 0.6) is 5.75 Å². The molecular formula is C47H53ClF2N8O6S. The van der Waals surface area contributed by atoms with Crippen LogP contribution >= 0.6 is 22.9 Å². The molecule has 2 saturated heterocycles. The number of alkyl halides is 3. The Bertz CT molecular complexity index is 2460. The van der Waals surface area contributed by atoms with Crippen molar-refractivity contribution in [2.75, 3.05) is 36.5 Å². The number of carbonyl (C=O) groups excluding carboxylic acids is 3. The molecule has 2 aliphatic rings. The molecule has 2 aliphatic heterocycles. The highest BCUT2D eigenvalue weighted by molar-refractivity contribution is 7.13. The topological polar surface area (TPSA) is 174 Å². The molecule has 0 saturated carbocycles. The molecule has 344 valence electrons. The number of halogens is 3. The number of benzene rings is 2. The minimum Gasteiger partial charge on any atom is -0.420 e. The van der Waals surface area contributed by atoms with Crippen molar-refractivity contribution >= 4 is 52.2 Å². The van der Waals surface area contributed by atoms with Gasteiger partial charge in [0.2, 0.25) is 11.8 Å². The molecule has 14 nitrogen and oxygen atoms in total. The molecule has 0 unspecified atom stereocenters. The number of likely N-dealkylation sites (tertiary alicyclic amines) is 1. The van der Waals surface area contributed by atoms with Crippen LogP contribution in [0.15, 0.2) is 96.8 Å². The maximum absolute atomic E-state index is 14.2. The number of thiophene rings is 1. The van der Waals surface area contributed by atoms with Crippen molar-refractivity contribution < 1.29 is 37.7 Å². The number of aliphatic hydroxyl groups is 1. The minimum absolute atomic E-state index is 0.0257. The Morgan fingerprint density at radius 1 is 1.08 bits per heavy atom. The number of rotatable bonds is 17. The van der Waals surface area contributed by atoms with Gasteiger partial charge in [-0.2, -0.15) is 5.10 Å². The van der Waals surface area contributed by atoms with Gasteiger partial charge in [0.15, 0.2) is 0 Å². The van der Waals surface area contributed by atoms with E-state index in [0.29, 0.717) is 60.9 Å². The number of aromatic amines is 1. The molecule has 0 spiro atoms. The van der Waals surface area contributed by atoms with Gasteiger partial charge < -0.3 is 40.3 Å². The van der Waals surface area contributed by atoms with Crippen LogP contribution in [0.4, 0.5) is 20.3 Å². The average molecular weight is 932 g/mol. The fourth-order valence-electron chi connectivity index (χ4n) is 7.97. The second kappa shape index (κ2) is 20.1. The molecule has 3 aromatic heterocycles. The lowest BCUT2D eigenvalue weighted by Gasteiger charge is -2.36. The summed E-state index contributed by atoms with van der Waals surface area (Å²) in [6.45, 7) is 13.9. The first-order valence-electron chi connectivity index (χ1n) is 21.3. The van der Waals surface area contributed by atoms with E-state index in [9.17, 15) is 28.3 Å². The summed E-state index contributed by atoms with van der Waals surface area (Å²) in [6.07, 6.45) is 3.10. The lowest BCUT2D eigenvalue weighted by molar-refractivity contribution is -0.140. The standard InChI is InChI=1S/C47H53ClF2N8O6S/c1-28-17-21-65-41(28)31-8-6-30(7-9-31)24-51-29(2)39-23-34(59)26-58(39)45(62)42(46(3,4)5)55-40(60)16-20-63-36-15-19-57(27-36)43-37(38-14-18-53-56-38)22-32(25-52-43)44(61)54-33-10-12-35(13-11-33)64-47(48,49)50/h6-14,17-18,21-22,25,34,36,39,42,51,59H,2,15-16,19-20,23-24,26-27H2,1,3-5H3,(H,53,56)(H,54,61)(H,55,60)/t34-,36+,39+,42-/m1/s1. The summed E-state index contributed by atoms with van der Waals surface area (Å²) in [7, 11) is 0. The van der Waals surface area contributed by atoms with Gasteiger partial charge in [-0.1, -0.05) is 51.6 Å². The highest BCUT2D eigenvalue weighted by Crippen LogP contribution is 2.34. The highest BCUT2D eigenvalue weighted by Gasteiger charge is 2.43. The first-order valence-corrected chi connectivity index (χ1v) is 22.5. The zero-order valence-corrected chi connectivity index (χ0v) is 38.1. The predicted octanol–water partition coefficient (Wildman–Crippen LogP) is 7.71. The van der Waals surface area contributed by atoms with E-state index in [0.717, 1.165) is 11.1 Å². The molecule has 5 aromatic rings. The van der Waals surface area contributed by atoms with Gasteiger partial charge in [-0.05, 0) is 83.3 Å². The maximum atomic E-state index is 14.2. The number of nitrogens with one attached hydrogen (secondary N) is 4. The van der Waals surface area contributed by atoms with Gasteiger partial charge in [-0.3, -0.25) is 19.5 Å². The summed E-state index contributed by atoms with van der Waals surface area (Å²) in [6, 6.07) is 17.9. The minimum atomic E-state index is -3.86. The number of β-amino-alcohol motifs (C(OH)–C–C–N with tert-alkyl or cyclic N) is 1. The molecule has 65 heavy (non-hydrogen) atoms. The number of amides is 3. The van der Waals surface area contributed by atoms with Crippen LogP contribution < -0.4 is 25.6 Å². The number of aliphatic hydroxyl groups excluding tert-OH is 1. The monoisotopic (exact) mass is 930 g/mol. The lowest BCUT2D eigenvalue weighted by Crippen LogP contribution is -2.56. The smallest absolute Gasteiger partial charge is 0.420 e. The van der Waals surface area contributed by atoms with E-state index in [2.05, 4.69) is 85.1 Å². The molecule has 0 bridgehead atoms. The van der Waals surface area contributed by atoms with E-state index in [1.54, 1.807) is 34.6 Å². The summed E-state index contributed by atoms with van der Waals surface area (Å²) >= 11 is 6.55. The van der Waals surface area contributed by atoms with Gasteiger partial charge in [0.1, 0.15) is 17.6 Å². The van der Waals surface area contributed by atoms with Crippen molar-refractivity contribution in [2.45, 2.75) is 83.4 Å². The van der Waals surface area contributed by atoms with Crippen LogP contribution in [0.3, 0.4) is 0 Å². The predicted molar refractivity (Wildman–Crippen MR) is 247 cm³/mol. The van der Waals surface area contributed by atoms with Gasteiger partial charge in [-0.15, -0.1) is 20.1 Å². The second-order valence-electron chi connectivity index (χ2n) is 17.3. The quantitative estimate of drug-likeness (QED) is 0.0582. The van der Waals surface area contributed by atoms with E-state index in [1.807, 2.05) is 25.7 Å². The van der Waals surface area contributed by atoms with Gasteiger partial charge in [-0.25, -0.2) is 4.98 Å². The Morgan fingerprint density at radius 2 is 1.83 bits per heavy atom. The number of hydrogen-bond donors (Lipinski definition) is 5. The molecule has 7 rings (SSSR count). The van der Waals surface area contributed by atoms with Crippen LogP contribution in [0.1, 0.15) is 61.5 Å². The van der Waals surface area contributed by atoms with E-state index >= 15 is 0 Å². The first-order chi connectivity index (χ1) is 30.9. The van der Waals surface area contributed by atoms with Crippen molar-refractivity contribution in [3.63, 3.8) is 0 Å². The Hall–Kier alpha value is -5.88. The van der Waals surface area contributed by atoms with Crippen LogP contribution in [-0.4, -0.2) is 99.0 Å². The largest absolute Gasteiger partial charge is 0.487 e. The summed E-state index contributed by atoms with van der Waals surface area (Å²) in [4.78, 5) is 50.5. The molecule has 3 amide bonds. The Balaban J connectivity index is 0.913. The number of aromatic nitrogens is 3. The number of hydrogen-bond acceptors (Lipinski definition) is 11.